The number of hydrogen-bond acceptors (Lipinski definition) is 5. The van der Waals surface area contributed by atoms with Gasteiger partial charge in [0.15, 0.2) is 5.82 Å². The molecule has 3 rings (SSSR count). The average molecular weight is 366 g/mol. The van der Waals surface area contributed by atoms with Gasteiger partial charge in [0.2, 0.25) is 11.8 Å². The van der Waals surface area contributed by atoms with Crippen molar-refractivity contribution in [2.75, 3.05) is 6.54 Å². The van der Waals surface area contributed by atoms with E-state index in [0.29, 0.717) is 31.7 Å². The smallest absolute Gasteiger partial charge is 0.226 e. The topological polar surface area (TPSA) is 94.0 Å². The van der Waals surface area contributed by atoms with Crippen LogP contribution < -0.4 is 11.1 Å². The highest BCUT2D eigenvalue weighted by atomic mass is 16.5. The molecule has 3 N–H and O–H groups in total. The number of hydrogen-bond donors (Lipinski definition) is 2. The molecule has 2 aromatic carbocycles. The predicted molar refractivity (Wildman–Crippen MR) is 105 cm³/mol. The summed E-state index contributed by atoms with van der Waals surface area (Å²) in [6.45, 7) is 2.43. The molecule has 0 saturated carbocycles. The number of nitrogens with two attached hydrogens (primary N) is 1. The van der Waals surface area contributed by atoms with E-state index in [-0.39, 0.29) is 11.9 Å². The Morgan fingerprint density at radius 2 is 2.00 bits per heavy atom. The molecule has 0 fully saturated rings. The van der Waals surface area contributed by atoms with Crippen LogP contribution in [0.4, 0.5) is 0 Å². The van der Waals surface area contributed by atoms with Crippen LogP contribution in [0.3, 0.4) is 0 Å². The zero-order valence-corrected chi connectivity index (χ0v) is 15.6. The molecule has 27 heavy (non-hydrogen) atoms. The van der Waals surface area contributed by atoms with E-state index in [4.69, 9.17) is 10.3 Å². The number of rotatable bonds is 9. The molecule has 0 saturated heterocycles. The van der Waals surface area contributed by atoms with Crippen molar-refractivity contribution in [1.29, 1.82) is 0 Å². The number of carbonyl (C=O) groups is 1. The molecule has 0 aliphatic heterocycles. The normalized spacial score (nSPS) is 12.2. The van der Waals surface area contributed by atoms with Gasteiger partial charge in [-0.25, -0.2) is 0 Å². The number of nitrogens with one attached hydrogen (secondary N) is 1. The molecule has 3 aromatic rings. The second kappa shape index (κ2) is 9.28. The van der Waals surface area contributed by atoms with Crippen molar-refractivity contribution >= 4 is 16.7 Å². The molecule has 6 heteroatoms. The summed E-state index contributed by atoms with van der Waals surface area (Å²) in [6, 6.07) is 14.1. The SMILES string of the molecule is CCCc1noc(CCCC(=O)NC(CN)c2ccc3ccccc3c2)n1. The number of fused-ring (bicyclic) bond motifs is 1. The standard InChI is InChI=1S/C21H26N4O2/c1-2-6-19-24-21(27-25-19)10-5-9-20(26)23-18(14-22)17-12-11-15-7-3-4-8-16(15)13-17/h3-4,7-8,11-13,18H,2,5-6,9-10,14,22H2,1H3,(H,23,26). The third kappa shape index (κ3) is 5.14. The van der Waals surface area contributed by atoms with Crippen LogP contribution in [0.5, 0.6) is 0 Å². The maximum Gasteiger partial charge on any atom is 0.226 e. The van der Waals surface area contributed by atoms with Gasteiger partial charge in [0.1, 0.15) is 0 Å². The molecule has 0 bridgehead atoms. The van der Waals surface area contributed by atoms with E-state index >= 15 is 0 Å². The van der Waals surface area contributed by atoms with Crippen molar-refractivity contribution in [3.63, 3.8) is 0 Å². The minimum atomic E-state index is -0.193. The molecule has 6 nitrogen and oxygen atoms in total. The van der Waals surface area contributed by atoms with Crippen molar-refractivity contribution in [2.45, 2.75) is 45.1 Å². The minimum absolute atomic E-state index is 0.0214. The van der Waals surface area contributed by atoms with Crippen LogP contribution in [0.15, 0.2) is 47.0 Å². The Labute approximate surface area is 159 Å². The molecule has 1 aromatic heterocycles. The van der Waals surface area contributed by atoms with Crippen molar-refractivity contribution < 1.29 is 9.32 Å². The lowest BCUT2D eigenvalue weighted by atomic mass is 10.0. The second-order valence-corrected chi connectivity index (χ2v) is 6.67. The lowest BCUT2D eigenvalue weighted by Gasteiger charge is -2.18. The summed E-state index contributed by atoms with van der Waals surface area (Å²) in [5, 5.41) is 9.27. The van der Waals surface area contributed by atoms with E-state index < -0.39 is 0 Å². The van der Waals surface area contributed by atoms with Crippen LogP contribution >= 0.6 is 0 Å². The van der Waals surface area contributed by atoms with Crippen molar-refractivity contribution in [3.05, 3.63) is 59.7 Å². The summed E-state index contributed by atoms with van der Waals surface area (Å²) in [7, 11) is 0. The highest BCUT2D eigenvalue weighted by Gasteiger charge is 2.14. The summed E-state index contributed by atoms with van der Waals surface area (Å²) in [4.78, 5) is 16.6. The molecule has 142 valence electrons. The van der Waals surface area contributed by atoms with Gasteiger partial charge < -0.3 is 15.6 Å². The third-order valence-electron chi connectivity index (χ3n) is 4.53. The monoisotopic (exact) mass is 366 g/mol. The molecular weight excluding hydrogens is 340 g/mol. The molecule has 0 aliphatic carbocycles. The quantitative estimate of drug-likeness (QED) is 0.606. The highest BCUT2D eigenvalue weighted by Crippen LogP contribution is 2.20. The molecule has 1 atom stereocenters. The van der Waals surface area contributed by atoms with E-state index in [1.54, 1.807) is 0 Å². The first-order chi connectivity index (χ1) is 13.2. The Kier molecular flexibility index (Phi) is 6.54. The van der Waals surface area contributed by atoms with Crippen LogP contribution in [0.25, 0.3) is 10.8 Å². The van der Waals surface area contributed by atoms with Gasteiger partial charge in [-0.3, -0.25) is 4.79 Å². The Balaban J connectivity index is 1.52. The van der Waals surface area contributed by atoms with Crippen molar-refractivity contribution in [1.82, 2.24) is 15.5 Å². The van der Waals surface area contributed by atoms with Gasteiger partial charge in [0, 0.05) is 25.8 Å². The molecular formula is C21H26N4O2. The lowest BCUT2D eigenvalue weighted by Crippen LogP contribution is -2.33. The molecule has 0 aliphatic rings. The Bertz CT molecular complexity index is 891. The first-order valence-corrected chi connectivity index (χ1v) is 9.49. The van der Waals surface area contributed by atoms with Crippen LogP contribution in [-0.4, -0.2) is 22.6 Å². The number of aromatic nitrogens is 2. The van der Waals surface area contributed by atoms with Gasteiger partial charge in [-0.05, 0) is 35.2 Å². The van der Waals surface area contributed by atoms with Crippen LogP contribution in [0.2, 0.25) is 0 Å². The average Bonchev–Trinajstić information content (AvgIpc) is 3.13. The van der Waals surface area contributed by atoms with Gasteiger partial charge in [0.05, 0.1) is 6.04 Å². The summed E-state index contributed by atoms with van der Waals surface area (Å²) < 4.78 is 5.20. The highest BCUT2D eigenvalue weighted by molar-refractivity contribution is 5.83. The van der Waals surface area contributed by atoms with Gasteiger partial charge >= 0.3 is 0 Å². The van der Waals surface area contributed by atoms with E-state index in [0.717, 1.165) is 29.6 Å². The van der Waals surface area contributed by atoms with Gasteiger partial charge in [-0.1, -0.05) is 48.5 Å². The summed E-state index contributed by atoms with van der Waals surface area (Å²) in [6.07, 6.45) is 3.46. The van der Waals surface area contributed by atoms with Gasteiger partial charge in [0.25, 0.3) is 0 Å². The molecule has 0 radical (unpaired) electrons. The fourth-order valence-electron chi connectivity index (χ4n) is 3.09. The van der Waals surface area contributed by atoms with Crippen LogP contribution in [-0.2, 0) is 17.6 Å². The largest absolute Gasteiger partial charge is 0.348 e. The zero-order valence-electron chi connectivity index (χ0n) is 15.6. The van der Waals surface area contributed by atoms with E-state index in [1.807, 2.05) is 18.2 Å². The zero-order chi connectivity index (χ0) is 19.1. The van der Waals surface area contributed by atoms with Gasteiger partial charge in [-0.15, -0.1) is 0 Å². The first kappa shape index (κ1) is 19.0. The van der Waals surface area contributed by atoms with E-state index in [1.165, 1.54) is 5.39 Å². The van der Waals surface area contributed by atoms with Crippen molar-refractivity contribution in [3.8, 4) is 0 Å². The minimum Gasteiger partial charge on any atom is -0.348 e. The lowest BCUT2D eigenvalue weighted by molar-refractivity contribution is -0.121. The van der Waals surface area contributed by atoms with E-state index in [9.17, 15) is 4.79 Å². The summed E-state index contributed by atoms with van der Waals surface area (Å²) >= 11 is 0. The maximum atomic E-state index is 12.3. The summed E-state index contributed by atoms with van der Waals surface area (Å²) in [5.41, 5.74) is 6.92. The maximum absolute atomic E-state index is 12.3. The summed E-state index contributed by atoms with van der Waals surface area (Å²) in [5.74, 6) is 1.31. The predicted octanol–water partition coefficient (Wildman–Crippen LogP) is 3.31. The Hall–Kier alpha value is -2.73. The Morgan fingerprint density at radius 1 is 1.19 bits per heavy atom. The number of aryl methyl sites for hydroxylation is 2. The van der Waals surface area contributed by atoms with Crippen LogP contribution in [0, 0.1) is 0 Å². The fraction of sp³-hybridized carbons (Fsp3) is 0.381. The third-order valence-corrected chi connectivity index (χ3v) is 4.53. The number of nitrogens with zero attached hydrogens (tertiary/aromatic N) is 2. The van der Waals surface area contributed by atoms with Gasteiger partial charge in [-0.2, -0.15) is 4.98 Å². The molecule has 0 spiro atoms. The van der Waals surface area contributed by atoms with Crippen molar-refractivity contribution in [2.24, 2.45) is 5.73 Å². The molecule has 1 unspecified atom stereocenters. The van der Waals surface area contributed by atoms with E-state index in [2.05, 4.69) is 46.6 Å². The van der Waals surface area contributed by atoms with Crippen LogP contribution in [0.1, 0.15) is 49.5 Å². The number of carbonyl (C=O) groups excluding carboxylic acids is 1. The molecule has 1 amide bonds. The number of amides is 1. The Morgan fingerprint density at radius 3 is 2.78 bits per heavy atom. The number of benzene rings is 2. The molecule has 1 heterocycles. The first-order valence-electron chi connectivity index (χ1n) is 9.49. The fourth-order valence-corrected chi connectivity index (χ4v) is 3.09. The second-order valence-electron chi connectivity index (χ2n) is 6.67.